The normalized spacial score (nSPS) is 16.3. The van der Waals surface area contributed by atoms with Crippen LogP contribution in [0.15, 0.2) is 47.8 Å². The molecule has 0 radical (unpaired) electrons. The summed E-state index contributed by atoms with van der Waals surface area (Å²) in [4.78, 5) is 28.9. The summed E-state index contributed by atoms with van der Waals surface area (Å²) in [6.07, 6.45) is 0.276. The molecule has 2 amide bonds. The molecule has 8 heteroatoms. The number of nitrogens with one attached hydrogen (secondary N) is 2. The smallest absolute Gasteiger partial charge is 0.268 e. The Bertz CT molecular complexity index is 889. The molecule has 4 rings (SSSR count). The third-order valence-electron chi connectivity index (χ3n) is 3.71. The molecule has 0 aliphatic carbocycles. The van der Waals surface area contributed by atoms with E-state index in [4.69, 9.17) is 0 Å². The average molecular weight is 339 g/mol. The highest BCUT2D eigenvalue weighted by Gasteiger charge is 2.29. The number of aromatic nitrogens is 3. The Morgan fingerprint density at radius 2 is 2.08 bits per heavy atom. The van der Waals surface area contributed by atoms with Crippen molar-refractivity contribution in [2.75, 3.05) is 10.6 Å². The van der Waals surface area contributed by atoms with E-state index in [9.17, 15) is 9.59 Å². The van der Waals surface area contributed by atoms with Crippen LogP contribution in [0.5, 0.6) is 0 Å². The average Bonchev–Trinajstić information content (AvgIpc) is 3.24. The highest BCUT2D eigenvalue weighted by Crippen LogP contribution is 2.29. The zero-order valence-electron chi connectivity index (χ0n) is 12.5. The molecule has 0 saturated heterocycles. The lowest BCUT2D eigenvalue weighted by molar-refractivity contribution is -0.117. The van der Waals surface area contributed by atoms with Gasteiger partial charge in [-0.3, -0.25) is 20.2 Å². The van der Waals surface area contributed by atoms with Crippen LogP contribution in [-0.2, 0) is 4.79 Å². The Hall–Kier alpha value is -3.00. The summed E-state index contributed by atoms with van der Waals surface area (Å²) in [5.41, 5.74) is 0.967. The van der Waals surface area contributed by atoms with Crippen molar-refractivity contribution in [1.29, 1.82) is 0 Å². The number of carbonyl (C=O) groups is 2. The van der Waals surface area contributed by atoms with E-state index in [0.29, 0.717) is 10.8 Å². The number of anilines is 2. The zero-order chi connectivity index (χ0) is 16.5. The first-order valence-corrected chi connectivity index (χ1v) is 8.25. The lowest BCUT2D eigenvalue weighted by Crippen LogP contribution is -2.29. The second-order valence-corrected chi connectivity index (χ2v) is 6.26. The minimum atomic E-state index is -0.268. The number of fused-ring (bicyclic) bond motifs is 1. The highest BCUT2D eigenvalue weighted by atomic mass is 32.1. The van der Waals surface area contributed by atoms with Gasteiger partial charge in [-0.1, -0.05) is 36.4 Å². The molecule has 0 bridgehead atoms. The molecule has 0 saturated carbocycles. The van der Waals surface area contributed by atoms with Crippen molar-refractivity contribution in [2.24, 2.45) is 0 Å². The van der Waals surface area contributed by atoms with Crippen molar-refractivity contribution in [3.05, 3.63) is 58.3 Å². The summed E-state index contributed by atoms with van der Waals surface area (Å²) in [7, 11) is 0. The number of hydrogen-bond acceptors (Lipinski definition) is 5. The number of thiophene rings is 1. The molecule has 0 spiro atoms. The molecule has 0 unspecified atom stereocenters. The van der Waals surface area contributed by atoms with Crippen LogP contribution in [0.2, 0.25) is 0 Å². The van der Waals surface area contributed by atoms with Gasteiger partial charge < -0.3 is 0 Å². The van der Waals surface area contributed by atoms with E-state index in [0.717, 1.165) is 5.56 Å². The number of amides is 2. The van der Waals surface area contributed by atoms with Gasteiger partial charge in [-0.15, -0.1) is 16.4 Å². The number of carbonyl (C=O) groups excluding carboxylic acids is 2. The third kappa shape index (κ3) is 2.67. The predicted molar refractivity (Wildman–Crippen MR) is 90.1 cm³/mol. The highest BCUT2D eigenvalue weighted by molar-refractivity contribution is 7.12. The molecular weight excluding hydrogens is 326 g/mol. The standard InChI is InChI=1S/C16H13N5O2S/c22-13-9-11(10-5-2-1-3-6-10)21-16(17-13)19-15(20-21)18-14(23)12-7-4-8-24-12/h1-8,11H,9H2,(H2,17,18,19,20,22,23)/t11-/m1/s1. The molecule has 24 heavy (non-hydrogen) atoms. The van der Waals surface area contributed by atoms with Crippen LogP contribution in [0.4, 0.5) is 11.9 Å². The Labute approximate surface area is 141 Å². The van der Waals surface area contributed by atoms with Crippen LogP contribution in [-0.4, -0.2) is 26.6 Å². The van der Waals surface area contributed by atoms with Gasteiger partial charge in [0.2, 0.25) is 11.9 Å². The van der Waals surface area contributed by atoms with Gasteiger partial charge in [0.15, 0.2) is 0 Å². The monoisotopic (exact) mass is 339 g/mol. The van der Waals surface area contributed by atoms with Gasteiger partial charge in [0.1, 0.15) is 0 Å². The Balaban J connectivity index is 1.65. The number of hydrogen-bond donors (Lipinski definition) is 2. The minimum Gasteiger partial charge on any atom is -0.295 e. The molecule has 3 heterocycles. The van der Waals surface area contributed by atoms with Crippen LogP contribution in [0.3, 0.4) is 0 Å². The topological polar surface area (TPSA) is 88.9 Å². The summed E-state index contributed by atoms with van der Waals surface area (Å²) < 4.78 is 1.64. The van der Waals surface area contributed by atoms with E-state index in [1.165, 1.54) is 11.3 Å². The lowest BCUT2D eigenvalue weighted by Gasteiger charge is -2.23. The molecular formula is C16H13N5O2S. The van der Waals surface area contributed by atoms with Gasteiger partial charge in [0.05, 0.1) is 17.3 Å². The van der Waals surface area contributed by atoms with Crippen molar-refractivity contribution >= 4 is 35.0 Å². The molecule has 2 aromatic heterocycles. The van der Waals surface area contributed by atoms with Gasteiger partial charge in [-0.2, -0.15) is 4.98 Å². The van der Waals surface area contributed by atoms with E-state index in [1.807, 2.05) is 35.7 Å². The molecule has 3 aromatic rings. The summed E-state index contributed by atoms with van der Waals surface area (Å²) in [6.45, 7) is 0. The zero-order valence-corrected chi connectivity index (χ0v) is 13.3. The van der Waals surface area contributed by atoms with Crippen LogP contribution >= 0.6 is 11.3 Å². The van der Waals surface area contributed by atoms with Gasteiger partial charge in [0.25, 0.3) is 11.9 Å². The summed E-state index contributed by atoms with van der Waals surface area (Å²) >= 11 is 1.34. The Kier molecular flexibility index (Phi) is 3.58. The number of nitrogens with zero attached hydrogens (tertiary/aromatic N) is 3. The summed E-state index contributed by atoms with van der Waals surface area (Å²) in [6, 6.07) is 12.9. The van der Waals surface area contributed by atoms with E-state index < -0.39 is 0 Å². The SMILES string of the molecule is O=C1C[C@H](c2ccccc2)n2nc(NC(=O)c3cccs3)nc2N1. The largest absolute Gasteiger partial charge is 0.295 e. The maximum absolute atomic E-state index is 12.1. The van der Waals surface area contributed by atoms with Crippen molar-refractivity contribution in [3.8, 4) is 0 Å². The van der Waals surface area contributed by atoms with Crippen LogP contribution in [0, 0.1) is 0 Å². The van der Waals surface area contributed by atoms with E-state index in [1.54, 1.807) is 16.8 Å². The summed E-state index contributed by atoms with van der Waals surface area (Å²) in [5, 5.41) is 11.5. The van der Waals surface area contributed by atoms with Crippen molar-refractivity contribution in [1.82, 2.24) is 14.8 Å². The lowest BCUT2D eigenvalue weighted by atomic mass is 10.0. The molecule has 2 N–H and O–H groups in total. The van der Waals surface area contributed by atoms with Gasteiger partial charge in [0, 0.05) is 0 Å². The van der Waals surface area contributed by atoms with Gasteiger partial charge in [-0.25, -0.2) is 4.68 Å². The van der Waals surface area contributed by atoms with Crippen LogP contribution in [0.25, 0.3) is 0 Å². The maximum atomic E-state index is 12.1. The third-order valence-corrected chi connectivity index (χ3v) is 4.58. The van der Waals surface area contributed by atoms with Crippen LogP contribution < -0.4 is 10.6 Å². The predicted octanol–water partition coefficient (Wildman–Crippen LogP) is 2.52. The molecule has 0 fully saturated rings. The second kappa shape index (κ2) is 5.89. The molecule has 1 atom stereocenters. The molecule has 1 aliphatic rings. The number of rotatable bonds is 3. The second-order valence-electron chi connectivity index (χ2n) is 5.31. The maximum Gasteiger partial charge on any atom is 0.268 e. The summed E-state index contributed by atoms with van der Waals surface area (Å²) in [5.74, 6) is 0.114. The first-order chi connectivity index (χ1) is 11.7. The van der Waals surface area contributed by atoms with Crippen molar-refractivity contribution in [3.63, 3.8) is 0 Å². The fourth-order valence-electron chi connectivity index (χ4n) is 2.62. The fraction of sp³-hybridized carbons (Fsp3) is 0.125. The van der Waals surface area contributed by atoms with E-state index in [-0.39, 0.29) is 30.2 Å². The van der Waals surface area contributed by atoms with Crippen LogP contribution in [0.1, 0.15) is 27.7 Å². The van der Waals surface area contributed by atoms with E-state index >= 15 is 0 Å². The first kappa shape index (κ1) is 14.6. The van der Waals surface area contributed by atoms with Crippen molar-refractivity contribution < 1.29 is 9.59 Å². The first-order valence-electron chi connectivity index (χ1n) is 7.37. The van der Waals surface area contributed by atoms with E-state index in [2.05, 4.69) is 20.7 Å². The molecule has 120 valence electrons. The number of benzene rings is 1. The van der Waals surface area contributed by atoms with Gasteiger partial charge >= 0.3 is 0 Å². The molecule has 1 aliphatic heterocycles. The minimum absolute atomic E-state index is 0.125. The van der Waals surface area contributed by atoms with Crippen molar-refractivity contribution in [2.45, 2.75) is 12.5 Å². The Morgan fingerprint density at radius 3 is 2.83 bits per heavy atom. The molecule has 7 nitrogen and oxygen atoms in total. The molecule has 1 aromatic carbocycles. The Morgan fingerprint density at radius 1 is 1.25 bits per heavy atom. The van der Waals surface area contributed by atoms with Gasteiger partial charge in [-0.05, 0) is 17.0 Å². The quantitative estimate of drug-likeness (QED) is 0.767. The fourth-order valence-corrected chi connectivity index (χ4v) is 3.24.